The van der Waals surface area contributed by atoms with Gasteiger partial charge in [0.2, 0.25) is 0 Å². The Morgan fingerprint density at radius 3 is 2.43 bits per heavy atom. The van der Waals surface area contributed by atoms with Crippen LogP contribution in [0.1, 0.15) is 38.8 Å². The zero-order chi connectivity index (χ0) is 21.1. The summed E-state index contributed by atoms with van der Waals surface area (Å²) in [4.78, 5) is 20.9. The summed E-state index contributed by atoms with van der Waals surface area (Å²) in [6.07, 6.45) is -3.25. The van der Waals surface area contributed by atoms with E-state index in [2.05, 4.69) is 4.99 Å². The molecule has 2 rings (SSSR count). The molecule has 1 amide bonds. The summed E-state index contributed by atoms with van der Waals surface area (Å²) in [5, 5.41) is 1.93. The summed E-state index contributed by atoms with van der Waals surface area (Å²) < 4.78 is 40.7. The Morgan fingerprint density at radius 2 is 1.89 bits per heavy atom. The summed E-state index contributed by atoms with van der Waals surface area (Å²) in [6, 6.07) is 4.18. The van der Waals surface area contributed by atoms with E-state index in [-0.39, 0.29) is 11.3 Å². The summed E-state index contributed by atoms with van der Waals surface area (Å²) in [7, 11) is 3.32. The predicted octanol–water partition coefficient (Wildman–Crippen LogP) is 5.27. The van der Waals surface area contributed by atoms with Gasteiger partial charge in [-0.25, -0.2) is 4.99 Å². The van der Waals surface area contributed by atoms with Crippen LogP contribution in [0.4, 0.5) is 18.9 Å². The van der Waals surface area contributed by atoms with Gasteiger partial charge in [-0.1, -0.05) is 0 Å². The zero-order valence-electron chi connectivity index (χ0n) is 16.6. The van der Waals surface area contributed by atoms with Gasteiger partial charge in [-0.2, -0.15) is 13.2 Å². The summed E-state index contributed by atoms with van der Waals surface area (Å²) in [5.74, 6) is -0.447. The van der Waals surface area contributed by atoms with E-state index in [1.165, 1.54) is 28.6 Å². The van der Waals surface area contributed by atoms with Gasteiger partial charge in [-0.3, -0.25) is 4.79 Å². The number of hydrogen-bond acceptors (Lipinski definition) is 3. The van der Waals surface area contributed by atoms with Crippen LogP contribution in [-0.2, 0) is 12.7 Å². The number of nitrogens with zero attached hydrogens (tertiary/aromatic N) is 3. The molecule has 1 heterocycles. The van der Waals surface area contributed by atoms with Crippen LogP contribution in [0.3, 0.4) is 0 Å². The van der Waals surface area contributed by atoms with Gasteiger partial charge in [0, 0.05) is 31.1 Å². The van der Waals surface area contributed by atoms with Gasteiger partial charge in [0.1, 0.15) is 0 Å². The van der Waals surface area contributed by atoms with E-state index in [0.717, 1.165) is 16.5 Å². The highest BCUT2D eigenvalue weighted by molar-refractivity contribution is 7.10. The lowest BCUT2D eigenvalue weighted by Crippen LogP contribution is -2.27. The van der Waals surface area contributed by atoms with Crippen LogP contribution < -0.4 is 0 Å². The van der Waals surface area contributed by atoms with E-state index >= 15 is 0 Å². The molecule has 0 aliphatic rings. The molecule has 0 aliphatic carbocycles. The molecule has 0 aliphatic heterocycles. The maximum Gasteiger partial charge on any atom is 0.418 e. The Balaban J connectivity index is 2.40. The fraction of sp³-hybridized carbons (Fsp3) is 0.400. The third-order valence-electron chi connectivity index (χ3n) is 4.47. The Hall–Kier alpha value is -2.35. The highest BCUT2D eigenvalue weighted by atomic mass is 32.1. The normalized spacial score (nSPS) is 11.9. The minimum absolute atomic E-state index is 0.0341. The molecule has 0 spiro atoms. The van der Waals surface area contributed by atoms with Crippen LogP contribution in [-0.4, -0.2) is 42.7 Å². The van der Waals surface area contributed by atoms with Crippen molar-refractivity contribution in [1.29, 1.82) is 0 Å². The molecule has 152 valence electrons. The molecule has 4 nitrogen and oxygen atoms in total. The van der Waals surface area contributed by atoms with Gasteiger partial charge in [0.15, 0.2) is 0 Å². The Bertz CT molecular complexity index is 874. The minimum atomic E-state index is -4.61. The van der Waals surface area contributed by atoms with Crippen molar-refractivity contribution in [3.63, 3.8) is 0 Å². The molecule has 2 aromatic rings. The van der Waals surface area contributed by atoms with Gasteiger partial charge < -0.3 is 9.80 Å². The molecule has 28 heavy (non-hydrogen) atoms. The number of aliphatic imine (C=N–C) groups is 1. The molecule has 0 N–H and O–H groups in total. The number of halogens is 3. The number of hydrogen-bond donors (Lipinski definition) is 0. The summed E-state index contributed by atoms with van der Waals surface area (Å²) in [5.41, 5.74) is 0.439. The maximum atomic E-state index is 13.6. The van der Waals surface area contributed by atoms with Crippen LogP contribution in [0, 0.1) is 13.8 Å². The van der Waals surface area contributed by atoms with Crippen molar-refractivity contribution in [3.05, 3.63) is 50.7 Å². The molecule has 0 unspecified atom stereocenters. The zero-order valence-corrected chi connectivity index (χ0v) is 17.4. The Labute approximate surface area is 167 Å². The van der Waals surface area contributed by atoms with E-state index in [1.807, 2.05) is 25.3 Å². The minimum Gasteiger partial charge on any atom is -0.366 e. The Morgan fingerprint density at radius 1 is 1.21 bits per heavy atom. The second kappa shape index (κ2) is 8.77. The fourth-order valence-electron chi connectivity index (χ4n) is 2.56. The molecule has 1 aromatic carbocycles. The molecule has 8 heteroatoms. The van der Waals surface area contributed by atoms with Crippen LogP contribution in [0.2, 0.25) is 0 Å². The van der Waals surface area contributed by atoms with E-state index in [0.29, 0.717) is 18.7 Å². The summed E-state index contributed by atoms with van der Waals surface area (Å²) in [6.45, 7) is 6.41. The maximum absolute atomic E-state index is 13.6. The molecule has 1 aromatic heterocycles. The number of rotatable bonds is 6. The highest BCUT2D eigenvalue weighted by Gasteiger charge is 2.35. The first kappa shape index (κ1) is 21.9. The van der Waals surface area contributed by atoms with Gasteiger partial charge >= 0.3 is 6.18 Å². The average Bonchev–Trinajstić information content (AvgIpc) is 3.02. The number of carbonyl (C=O) groups is 1. The van der Waals surface area contributed by atoms with Crippen LogP contribution in [0.5, 0.6) is 0 Å². The first-order chi connectivity index (χ1) is 13.0. The molecular formula is C20H24F3N3OS. The lowest BCUT2D eigenvalue weighted by molar-refractivity contribution is -0.137. The van der Waals surface area contributed by atoms with Crippen molar-refractivity contribution in [2.45, 2.75) is 33.5 Å². The van der Waals surface area contributed by atoms with Crippen molar-refractivity contribution in [3.8, 4) is 0 Å². The highest BCUT2D eigenvalue weighted by Crippen LogP contribution is 2.38. The largest absolute Gasteiger partial charge is 0.418 e. The van der Waals surface area contributed by atoms with E-state index < -0.39 is 17.6 Å². The average molecular weight is 411 g/mol. The summed E-state index contributed by atoms with van der Waals surface area (Å²) >= 11 is 1.52. The first-order valence-electron chi connectivity index (χ1n) is 8.79. The molecule has 0 bridgehead atoms. The topological polar surface area (TPSA) is 35.9 Å². The number of alkyl halides is 3. The van der Waals surface area contributed by atoms with Crippen molar-refractivity contribution in [2.24, 2.45) is 4.99 Å². The monoisotopic (exact) mass is 411 g/mol. The number of thiophene rings is 1. The van der Waals surface area contributed by atoms with Gasteiger partial charge in [0.05, 0.1) is 24.1 Å². The smallest absolute Gasteiger partial charge is 0.366 e. The number of amides is 1. The van der Waals surface area contributed by atoms with Crippen LogP contribution in [0.25, 0.3) is 0 Å². The second-order valence-corrected chi connectivity index (χ2v) is 7.69. The quantitative estimate of drug-likeness (QED) is 0.480. The predicted molar refractivity (Wildman–Crippen MR) is 107 cm³/mol. The molecule has 0 saturated carbocycles. The third-order valence-corrected chi connectivity index (χ3v) is 5.47. The standard InChI is InChI=1S/C20H24F3N3OS/c1-6-25(4)12-24-17-9-14(3)15(10-16(17)20(21,22)23)19(27)26(5)11-18-13(2)7-8-28-18/h7-10,12H,6,11H2,1-5H3. The molecular weight excluding hydrogens is 387 g/mol. The molecule has 0 fully saturated rings. The third kappa shape index (κ3) is 5.13. The van der Waals surface area contributed by atoms with Crippen molar-refractivity contribution in [2.75, 3.05) is 20.6 Å². The SMILES string of the molecule is CCN(C)C=Nc1cc(C)c(C(=O)N(C)Cc2sccc2C)cc1C(F)(F)F. The Kier molecular flexibility index (Phi) is 6.87. The number of benzene rings is 1. The van der Waals surface area contributed by atoms with Crippen LogP contribution in [0.15, 0.2) is 28.6 Å². The first-order valence-corrected chi connectivity index (χ1v) is 9.67. The van der Waals surface area contributed by atoms with Crippen molar-refractivity contribution >= 4 is 29.3 Å². The fourth-order valence-corrected chi connectivity index (χ4v) is 3.52. The van der Waals surface area contributed by atoms with Crippen molar-refractivity contribution in [1.82, 2.24) is 9.80 Å². The van der Waals surface area contributed by atoms with E-state index in [9.17, 15) is 18.0 Å². The van der Waals surface area contributed by atoms with Gasteiger partial charge in [-0.15, -0.1) is 11.3 Å². The van der Waals surface area contributed by atoms with Crippen LogP contribution >= 0.6 is 11.3 Å². The lowest BCUT2D eigenvalue weighted by atomic mass is 10.0. The van der Waals surface area contributed by atoms with Gasteiger partial charge in [-0.05, 0) is 55.5 Å². The molecule has 0 radical (unpaired) electrons. The van der Waals surface area contributed by atoms with E-state index in [1.54, 1.807) is 25.9 Å². The lowest BCUT2D eigenvalue weighted by Gasteiger charge is -2.20. The molecule has 0 saturated heterocycles. The van der Waals surface area contributed by atoms with Crippen molar-refractivity contribution < 1.29 is 18.0 Å². The van der Waals surface area contributed by atoms with E-state index in [4.69, 9.17) is 0 Å². The number of aryl methyl sites for hydroxylation is 2. The molecule has 0 atom stereocenters. The number of carbonyl (C=O) groups excluding carboxylic acids is 1. The second-order valence-electron chi connectivity index (χ2n) is 6.69. The van der Waals surface area contributed by atoms with Gasteiger partial charge in [0.25, 0.3) is 5.91 Å².